The van der Waals surface area contributed by atoms with Gasteiger partial charge in [0, 0.05) is 13.6 Å². The van der Waals surface area contributed by atoms with Crippen LogP contribution in [0, 0.1) is 6.92 Å². The number of nitrogens with one attached hydrogen (secondary N) is 1. The number of amides is 1. The fourth-order valence-electron chi connectivity index (χ4n) is 2.77. The number of hydrogen-bond acceptors (Lipinski definition) is 6. The number of ether oxygens (including phenoxy) is 1. The Kier molecular flexibility index (Phi) is 5.44. The highest BCUT2D eigenvalue weighted by Crippen LogP contribution is 2.20. The van der Waals surface area contributed by atoms with E-state index in [0.29, 0.717) is 24.5 Å². The van der Waals surface area contributed by atoms with Crippen molar-refractivity contribution < 1.29 is 23.8 Å². The third kappa shape index (κ3) is 4.03. The Balaban J connectivity index is 1.64. The third-order valence-electron chi connectivity index (χ3n) is 4.16. The number of carboxylic acid groups (broad SMARTS) is 1. The highest BCUT2D eigenvalue weighted by Gasteiger charge is 2.22. The molecule has 2 heterocycles. The van der Waals surface area contributed by atoms with E-state index < -0.39 is 18.5 Å². The largest absolute Gasteiger partial charge is 0.482 e. The summed E-state index contributed by atoms with van der Waals surface area (Å²) in [6.45, 7) is 1.56. The fraction of sp³-hybridized carbons (Fsp3) is 0.263. The number of aromatic nitrogens is 2. The maximum Gasteiger partial charge on any atom is 0.341 e. The molecule has 0 atom stereocenters. The van der Waals surface area contributed by atoms with Crippen molar-refractivity contribution in [1.82, 2.24) is 14.9 Å². The average molecular weight is 385 g/mol. The molecule has 0 fully saturated rings. The predicted molar refractivity (Wildman–Crippen MR) is 99.6 cm³/mol. The number of fused-ring (bicyclic) bond motifs is 1. The summed E-state index contributed by atoms with van der Waals surface area (Å²) in [5.41, 5.74) is 0.932. The molecule has 1 aromatic carbocycles. The van der Waals surface area contributed by atoms with Crippen LogP contribution in [0.25, 0.3) is 11.1 Å². The van der Waals surface area contributed by atoms with Crippen LogP contribution in [0.4, 0.5) is 0 Å². The molecule has 3 aromatic rings. The van der Waals surface area contributed by atoms with Crippen LogP contribution in [0.3, 0.4) is 0 Å². The molecule has 28 heavy (non-hydrogen) atoms. The van der Waals surface area contributed by atoms with Crippen molar-refractivity contribution in [1.29, 1.82) is 0 Å². The van der Waals surface area contributed by atoms with E-state index in [2.05, 4.69) is 10.3 Å². The van der Waals surface area contributed by atoms with E-state index in [0.717, 1.165) is 5.56 Å². The van der Waals surface area contributed by atoms with Crippen LogP contribution in [0.2, 0.25) is 0 Å². The van der Waals surface area contributed by atoms with Crippen molar-refractivity contribution in [2.45, 2.75) is 13.3 Å². The lowest BCUT2D eigenvalue weighted by Gasteiger charge is -2.07. The molecule has 2 aromatic heterocycles. The Hall–Kier alpha value is -3.62. The van der Waals surface area contributed by atoms with Crippen molar-refractivity contribution in [2.75, 3.05) is 13.2 Å². The third-order valence-corrected chi connectivity index (χ3v) is 4.16. The molecule has 0 saturated heterocycles. The van der Waals surface area contributed by atoms with Gasteiger partial charge in [-0.25, -0.2) is 9.78 Å². The van der Waals surface area contributed by atoms with Gasteiger partial charge >= 0.3 is 5.97 Å². The number of furan rings is 1. The Labute approximate surface area is 159 Å². The zero-order valence-corrected chi connectivity index (χ0v) is 15.4. The molecule has 0 aliphatic carbocycles. The topological polar surface area (TPSA) is 124 Å². The van der Waals surface area contributed by atoms with Crippen LogP contribution in [0.1, 0.15) is 21.7 Å². The smallest absolute Gasteiger partial charge is 0.341 e. The molecule has 9 nitrogen and oxygen atoms in total. The molecular formula is C19H19N3O6. The highest BCUT2D eigenvalue weighted by atomic mass is 16.5. The minimum atomic E-state index is -1.04. The minimum absolute atomic E-state index is 0.141. The molecule has 146 valence electrons. The van der Waals surface area contributed by atoms with E-state index in [9.17, 15) is 14.4 Å². The van der Waals surface area contributed by atoms with Crippen molar-refractivity contribution >= 4 is 23.0 Å². The lowest BCUT2D eigenvalue weighted by molar-refractivity contribution is -0.139. The maximum absolute atomic E-state index is 12.6. The zero-order chi connectivity index (χ0) is 20.3. The average Bonchev–Trinajstić information content (AvgIpc) is 3.01. The van der Waals surface area contributed by atoms with Crippen molar-refractivity contribution in [3.8, 4) is 5.75 Å². The van der Waals surface area contributed by atoms with Gasteiger partial charge in [0.2, 0.25) is 5.71 Å². The first-order valence-electron chi connectivity index (χ1n) is 8.53. The van der Waals surface area contributed by atoms with Gasteiger partial charge in [-0.3, -0.25) is 9.59 Å². The number of benzene rings is 1. The summed E-state index contributed by atoms with van der Waals surface area (Å²) in [4.78, 5) is 39.4. The molecule has 0 aliphatic rings. The summed E-state index contributed by atoms with van der Waals surface area (Å²) in [5, 5.41) is 11.5. The van der Waals surface area contributed by atoms with E-state index in [4.69, 9.17) is 14.3 Å². The van der Waals surface area contributed by atoms with Gasteiger partial charge in [-0.1, -0.05) is 12.1 Å². The van der Waals surface area contributed by atoms with Gasteiger partial charge in [0.1, 0.15) is 23.2 Å². The molecule has 1 amide bonds. The minimum Gasteiger partial charge on any atom is -0.482 e. The molecule has 0 unspecified atom stereocenters. The number of carboxylic acids is 1. The molecule has 9 heteroatoms. The Morgan fingerprint density at radius 2 is 2.00 bits per heavy atom. The van der Waals surface area contributed by atoms with Crippen LogP contribution < -0.4 is 15.6 Å². The normalized spacial score (nSPS) is 10.8. The molecular weight excluding hydrogens is 366 g/mol. The summed E-state index contributed by atoms with van der Waals surface area (Å²) >= 11 is 0. The second kappa shape index (κ2) is 7.95. The molecule has 0 radical (unpaired) electrons. The van der Waals surface area contributed by atoms with E-state index in [1.165, 1.54) is 10.9 Å². The summed E-state index contributed by atoms with van der Waals surface area (Å²) in [6.07, 6.45) is 1.90. The van der Waals surface area contributed by atoms with Crippen molar-refractivity contribution in [2.24, 2.45) is 7.05 Å². The summed E-state index contributed by atoms with van der Waals surface area (Å²) in [5.74, 6) is -0.649. The second-order valence-corrected chi connectivity index (χ2v) is 6.21. The lowest BCUT2D eigenvalue weighted by atomic mass is 10.1. The first-order valence-corrected chi connectivity index (χ1v) is 8.53. The predicted octanol–water partition coefficient (Wildman–Crippen LogP) is 1.27. The summed E-state index contributed by atoms with van der Waals surface area (Å²) < 4.78 is 11.8. The lowest BCUT2D eigenvalue weighted by Crippen LogP contribution is -2.28. The number of aryl methyl sites for hydroxylation is 2. The summed E-state index contributed by atoms with van der Waals surface area (Å²) in [6, 6.07) is 6.93. The molecule has 0 aliphatic heterocycles. The first-order chi connectivity index (χ1) is 13.4. The Morgan fingerprint density at radius 1 is 1.29 bits per heavy atom. The molecule has 0 bridgehead atoms. The van der Waals surface area contributed by atoms with Gasteiger partial charge in [-0.15, -0.1) is 0 Å². The number of carbonyl (C=O) groups is 2. The van der Waals surface area contributed by atoms with Crippen LogP contribution in [-0.4, -0.2) is 39.7 Å². The van der Waals surface area contributed by atoms with Crippen LogP contribution in [0.5, 0.6) is 5.75 Å². The van der Waals surface area contributed by atoms with Crippen molar-refractivity contribution in [3.05, 3.63) is 57.8 Å². The standard InChI is InChI=1S/C19H19N3O6/c1-11-15(16-18(28-11)21-10-22(2)19(16)26)17(25)20-8-7-12-3-5-13(6-4-12)27-9-14(23)24/h3-6,10H,7-9H2,1-2H3,(H,20,25)(H,23,24). The van der Waals surface area contributed by atoms with Gasteiger partial charge in [0.05, 0.1) is 5.56 Å². The van der Waals surface area contributed by atoms with Gasteiger partial charge in [-0.2, -0.15) is 0 Å². The van der Waals surface area contributed by atoms with E-state index in [-0.39, 0.29) is 22.2 Å². The number of carbonyl (C=O) groups excluding carboxylic acids is 1. The molecule has 0 saturated carbocycles. The molecule has 3 rings (SSSR count). The van der Waals surface area contributed by atoms with Gasteiger partial charge in [-0.05, 0) is 31.0 Å². The van der Waals surface area contributed by atoms with E-state index >= 15 is 0 Å². The zero-order valence-electron chi connectivity index (χ0n) is 15.4. The molecule has 2 N–H and O–H groups in total. The quantitative estimate of drug-likeness (QED) is 0.628. The summed E-state index contributed by atoms with van der Waals surface area (Å²) in [7, 11) is 1.56. The first kappa shape index (κ1) is 19.2. The van der Waals surface area contributed by atoms with Gasteiger partial charge in [0.25, 0.3) is 11.5 Å². The number of nitrogens with zero attached hydrogens (tertiary/aromatic N) is 2. The van der Waals surface area contributed by atoms with Gasteiger partial charge < -0.3 is 24.1 Å². The van der Waals surface area contributed by atoms with Gasteiger partial charge in [0.15, 0.2) is 6.61 Å². The Bertz CT molecular complexity index is 1080. The van der Waals surface area contributed by atoms with Crippen LogP contribution in [-0.2, 0) is 18.3 Å². The maximum atomic E-state index is 12.6. The fourth-order valence-corrected chi connectivity index (χ4v) is 2.77. The highest BCUT2D eigenvalue weighted by molar-refractivity contribution is 6.06. The monoisotopic (exact) mass is 385 g/mol. The number of aliphatic carboxylic acids is 1. The second-order valence-electron chi connectivity index (χ2n) is 6.21. The van der Waals surface area contributed by atoms with Crippen LogP contribution >= 0.6 is 0 Å². The van der Waals surface area contributed by atoms with Crippen LogP contribution in [0.15, 0.2) is 39.8 Å². The van der Waals surface area contributed by atoms with Crippen molar-refractivity contribution in [3.63, 3.8) is 0 Å². The molecule has 0 spiro atoms. The van der Waals surface area contributed by atoms with E-state index in [1.54, 1.807) is 38.2 Å². The Morgan fingerprint density at radius 3 is 2.68 bits per heavy atom. The van der Waals surface area contributed by atoms with E-state index in [1.807, 2.05) is 0 Å². The number of rotatable bonds is 7. The SMILES string of the molecule is Cc1oc2ncn(C)c(=O)c2c1C(=O)NCCc1ccc(OCC(=O)O)cc1. The number of hydrogen-bond donors (Lipinski definition) is 2.